The Bertz CT molecular complexity index is 410. The van der Waals surface area contributed by atoms with Crippen LogP contribution in [0.5, 0.6) is 0 Å². The molecule has 0 radical (unpaired) electrons. The molecule has 0 spiro atoms. The number of carbonyl (C=O) groups excluding carboxylic acids is 1. The number of nitrogens with one attached hydrogen (secondary N) is 1. The van der Waals surface area contributed by atoms with E-state index in [1.165, 1.54) is 11.8 Å². The zero-order chi connectivity index (χ0) is 12.0. The number of amides is 1. The number of nitrogens with zero attached hydrogens (tertiary/aromatic N) is 3. The van der Waals surface area contributed by atoms with Gasteiger partial charge in [0, 0.05) is 7.05 Å². The molecule has 0 saturated carbocycles. The van der Waals surface area contributed by atoms with Crippen LogP contribution in [0.1, 0.15) is 5.69 Å². The Morgan fingerprint density at radius 1 is 1.81 bits per heavy atom. The van der Waals surface area contributed by atoms with Crippen molar-refractivity contribution in [2.45, 2.75) is 11.8 Å². The van der Waals surface area contributed by atoms with E-state index < -0.39 is 0 Å². The summed E-state index contributed by atoms with van der Waals surface area (Å²) in [7, 11) is 1.77. The predicted molar refractivity (Wildman–Crippen MR) is 58.5 cm³/mol. The summed E-state index contributed by atoms with van der Waals surface area (Å²) in [5.41, 5.74) is 0.694. The maximum atomic E-state index is 11.2. The number of imidazole rings is 1. The van der Waals surface area contributed by atoms with Crippen molar-refractivity contribution < 1.29 is 9.90 Å². The molecule has 16 heavy (non-hydrogen) atoms. The molecule has 1 rings (SSSR count). The third-order valence-corrected chi connectivity index (χ3v) is 2.94. The van der Waals surface area contributed by atoms with Crippen LogP contribution < -0.4 is 5.32 Å². The molecule has 0 aromatic carbocycles. The predicted octanol–water partition coefficient (Wildman–Crippen LogP) is -0.356. The number of hydrogen-bond donors (Lipinski definition) is 2. The maximum absolute atomic E-state index is 11.2. The summed E-state index contributed by atoms with van der Waals surface area (Å²) in [6.07, 6.45) is 1.56. The largest absolute Gasteiger partial charge is 0.390 e. The van der Waals surface area contributed by atoms with Crippen LogP contribution in [-0.2, 0) is 18.4 Å². The van der Waals surface area contributed by atoms with E-state index >= 15 is 0 Å². The first-order valence-electron chi connectivity index (χ1n) is 4.57. The van der Waals surface area contributed by atoms with Gasteiger partial charge in [-0.1, -0.05) is 11.8 Å². The van der Waals surface area contributed by atoms with Crippen molar-refractivity contribution in [3.63, 3.8) is 0 Å². The molecule has 0 saturated heterocycles. The third-order valence-electron chi connectivity index (χ3n) is 1.90. The number of hydrogen-bond acceptors (Lipinski definition) is 5. The van der Waals surface area contributed by atoms with Crippen LogP contribution >= 0.6 is 11.8 Å². The van der Waals surface area contributed by atoms with Crippen LogP contribution in [0.15, 0.2) is 11.4 Å². The summed E-state index contributed by atoms with van der Waals surface area (Å²) >= 11 is 1.26. The van der Waals surface area contributed by atoms with Gasteiger partial charge in [-0.2, -0.15) is 5.26 Å². The van der Waals surface area contributed by atoms with Crippen molar-refractivity contribution in [2.75, 3.05) is 12.3 Å². The lowest BCUT2D eigenvalue weighted by atomic mass is 10.5. The van der Waals surface area contributed by atoms with Crippen molar-refractivity contribution in [3.05, 3.63) is 11.9 Å². The maximum Gasteiger partial charge on any atom is 0.231 e. The molecule has 0 fully saturated rings. The number of thioether (sulfide) groups is 1. The quantitative estimate of drug-likeness (QED) is 0.542. The SMILES string of the molecule is Cn1c(CO)cnc1SCC(=O)NCC#N. The average molecular weight is 240 g/mol. The van der Waals surface area contributed by atoms with Gasteiger partial charge in [0.1, 0.15) is 6.54 Å². The summed E-state index contributed by atoms with van der Waals surface area (Å²) in [6, 6.07) is 1.83. The van der Waals surface area contributed by atoms with Gasteiger partial charge in [0.15, 0.2) is 5.16 Å². The smallest absolute Gasteiger partial charge is 0.231 e. The number of rotatable bonds is 5. The highest BCUT2D eigenvalue weighted by atomic mass is 32.2. The number of aliphatic hydroxyl groups excluding tert-OH is 1. The van der Waals surface area contributed by atoms with Gasteiger partial charge < -0.3 is 15.0 Å². The molecule has 6 nitrogen and oxygen atoms in total. The topological polar surface area (TPSA) is 90.9 Å². The van der Waals surface area contributed by atoms with E-state index in [1.54, 1.807) is 17.8 Å². The van der Waals surface area contributed by atoms with Gasteiger partial charge in [0.25, 0.3) is 0 Å². The molecule has 0 unspecified atom stereocenters. The summed E-state index contributed by atoms with van der Waals surface area (Å²) in [6.45, 7) is -0.0630. The Morgan fingerprint density at radius 2 is 2.56 bits per heavy atom. The van der Waals surface area contributed by atoms with E-state index in [0.717, 1.165) is 0 Å². The molecular formula is C9H12N4O2S. The lowest BCUT2D eigenvalue weighted by Crippen LogP contribution is -2.25. The molecule has 0 aliphatic carbocycles. The van der Waals surface area contributed by atoms with Crippen LogP contribution in [0.4, 0.5) is 0 Å². The molecule has 1 amide bonds. The van der Waals surface area contributed by atoms with Gasteiger partial charge in [-0.15, -0.1) is 0 Å². The fourth-order valence-corrected chi connectivity index (χ4v) is 1.83. The lowest BCUT2D eigenvalue weighted by molar-refractivity contribution is -0.118. The summed E-state index contributed by atoms with van der Waals surface area (Å²) in [4.78, 5) is 15.3. The Kier molecular flexibility index (Phi) is 4.82. The molecule has 7 heteroatoms. The van der Waals surface area contributed by atoms with Crippen molar-refractivity contribution in [1.29, 1.82) is 5.26 Å². The molecule has 0 atom stereocenters. The Balaban J connectivity index is 2.46. The van der Waals surface area contributed by atoms with E-state index in [9.17, 15) is 4.79 Å². The summed E-state index contributed by atoms with van der Waals surface area (Å²) in [5, 5.41) is 20.3. The molecule has 1 aromatic heterocycles. The zero-order valence-electron chi connectivity index (χ0n) is 8.80. The van der Waals surface area contributed by atoms with E-state index in [1.807, 2.05) is 6.07 Å². The minimum absolute atomic E-state index is 0.0157. The minimum Gasteiger partial charge on any atom is -0.390 e. The van der Waals surface area contributed by atoms with Crippen LogP contribution in [0.2, 0.25) is 0 Å². The van der Waals surface area contributed by atoms with Crippen molar-refractivity contribution >= 4 is 17.7 Å². The highest BCUT2D eigenvalue weighted by Gasteiger charge is 2.08. The first kappa shape index (κ1) is 12.5. The van der Waals surface area contributed by atoms with Gasteiger partial charge in [0.2, 0.25) is 5.91 Å². The first-order valence-corrected chi connectivity index (χ1v) is 5.55. The van der Waals surface area contributed by atoms with E-state index in [0.29, 0.717) is 10.9 Å². The van der Waals surface area contributed by atoms with Gasteiger partial charge in [-0.3, -0.25) is 4.79 Å². The van der Waals surface area contributed by atoms with E-state index in [-0.39, 0.29) is 24.8 Å². The second-order valence-electron chi connectivity index (χ2n) is 2.97. The number of aliphatic hydroxyl groups is 1. The number of carbonyl (C=O) groups is 1. The second-order valence-corrected chi connectivity index (χ2v) is 3.92. The normalized spacial score (nSPS) is 9.81. The van der Waals surface area contributed by atoms with Gasteiger partial charge in [-0.05, 0) is 0 Å². The number of aromatic nitrogens is 2. The third kappa shape index (κ3) is 3.25. The van der Waals surface area contributed by atoms with Gasteiger partial charge in [-0.25, -0.2) is 4.98 Å². The van der Waals surface area contributed by atoms with Crippen LogP contribution in [0.3, 0.4) is 0 Å². The first-order chi connectivity index (χ1) is 7.69. The Morgan fingerprint density at radius 3 is 3.12 bits per heavy atom. The summed E-state index contributed by atoms with van der Waals surface area (Å²) < 4.78 is 1.72. The fourth-order valence-electron chi connectivity index (χ4n) is 1.03. The van der Waals surface area contributed by atoms with Crippen molar-refractivity contribution in [3.8, 4) is 6.07 Å². The van der Waals surface area contributed by atoms with Crippen molar-refractivity contribution in [1.82, 2.24) is 14.9 Å². The highest BCUT2D eigenvalue weighted by Crippen LogP contribution is 2.16. The Hall–Kier alpha value is -1.52. The zero-order valence-corrected chi connectivity index (χ0v) is 9.62. The van der Waals surface area contributed by atoms with E-state index in [2.05, 4.69) is 10.3 Å². The standard InChI is InChI=1S/C9H12N4O2S/c1-13-7(5-14)4-12-9(13)16-6-8(15)11-3-2-10/h4,14H,3,5-6H2,1H3,(H,11,15). The molecule has 0 aliphatic heterocycles. The molecule has 1 heterocycles. The van der Waals surface area contributed by atoms with Crippen LogP contribution in [0, 0.1) is 11.3 Å². The molecular weight excluding hydrogens is 228 g/mol. The monoisotopic (exact) mass is 240 g/mol. The fraction of sp³-hybridized carbons (Fsp3) is 0.444. The molecule has 86 valence electrons. The minimum atomic E-state index is -0.208. The van der Waals surface area contributed by atoms with Crippen LogP contribution in [0.25, 0.3) is 0 Å². The molecule has 1 aromatic rings. The second kappa shape index (κ2) is 6.15. The lowest BCUT2D eigenvalue weighted by Gasteiger charge is -2.03. The highest BCUT2D eigenvalue weighted by molar-refractivity contribution is 7.99. The van der Waals surface area contributed by atoms with E-state index in [4.69, 9.17) is 10.4 Å². The number of nitriles is 1. The molecule has 2 N–H and O–H groups in total. The average Bonchev–Trinajstić information content (AvgIpc) is 2.64. The van der Waals surface area contributed by atoms with Gasteiger partial charge >= 0.3 is 0 Å². The molecule has 0 bridgehead atoms. The van der Waals surface area contributed by atoms with Crippen molar-refractivity contribution in [2.24, 2.45) is 7.05 Å². The summed E-state index contributed by atoms with van der Waals surface area (Å²) in [5.74, 6) is -0.00249. The molecule has 0 aliphatic rings. The Labute approximate surface area is 97.3 Å². The van der Waals surface area contributed by atoms with Gasteiger partial charge in [0.05, 0.1) is 30.3 Å². The van der Waals surface area contributed by atoms with Crippen LogP contribution in [-0.4, -0.2) is 32.9 Å².